The molecule has 1 nitrogen and oxygen atoms in total. The molecule has 0 unspecified atom stereocenters. The largest absolute Gasteiger partial charge is 0.497 e. The summed E-state index contributed by atoms with van der Waals surface area (Å²) in [6.45, 7) is 0.860. The van der Waals surface area contributed by atoms with Crippen molar-refractivity contribution in [3.63, 3.8) is 0 Å². The normalized spacial score (nSPS) is 24.4. The van der Waals surface area contributed by atoms with Crippen LogP contribution in [0.25, 0.3) is 16.7 Å². The first-order chi connectivity index (χ1) is 10.9. The molecule has 2 aromatic carbocycles. The van der Waals surface area contributed by atoms with Crippen LogP contribution in [0.4, 0.5) is 0 Å². The van der Waals surface area contributed by atoms with E-state index in [2.05, 4.69) is 60.7 Å². The molecular formula is C21H18O. The van der Waals surface area contributed by atoms with E-state index < -0.39 is 0 Å². The predicted molar refractivity (Wildman–Crippen MR) is 89.3 cm³/mol. The minimum absolute atomic E-state index is 0.139. The molecule has 0 saturated carbocycles. The standard InChI is InChI=1S/C21H18O/c1-3-8-17-15(6-1)16-7-2-4-9-18(16)19(17)14-21-11-5-10-20(21)22-13-12-21/h1-4,6-10,14H,5,11-13H2/t21-/m1/s1. The van der Waals surface area contributed by atoms with E-state index in [1.54, 1.807) is 0 Å². The van der Waals surface area contributed by atoms with Gasteiger partial charge in [0.15, 0.2) is 0 Å². The Hall–Kier alpha value is -2.28. The molecule has 1 heteroatoms. The molecule has 108 valence electrons. The lowest BCUT2D eigenvalue weighted by atomic mass is 9.81. The molecule has 3 aliphatic rings. The predicted octanol–water partition coefficient (Wildman–Crippen LogP) is 5.18. The molecule has 5 rings (SSSR count). The van der Waals surface area contributed by atoms with Gasteiger partial charge in [0.1, 0.15) is 5.76 Å². The average molecular weight is 286 g/mol. The molecule has 1 atom stereocenters. The monoisotopic (exact) mass is 286 g/mol. The van der Waals surface area contributed by atoms with Gasteiger partial charge < -0.3 is 4.74 Å². The number of ether oxygens (including phenoxy) is 1. The molecular weight excluding hydrogens is 268 g/mol. The van der Waals surface area contributed by atoms with Gasteiger partial charge in [-0.05, 0) is 53.2 Å². The summed E-state index contributed by atoms with van der Waals surface area (Å²) in [5, 5.41) is 0. The third kappa shape index (κ3) is 1.54. The van der Waals surface area contributed by atoms with Gasteiger partial charge in [-0.1, -0.05) is 54.6 Å². The maximum absolute atomic E-state index is 5.88. The third-order valence-corrected chi connectivity index (χ3v) is 5.36. The van der Waals surface area contributed by atoms with E-state index in [-0.39, 0.29) is 5.41 Å². The zero-order valence-electron chi connectivity index (χ0n) is 12.5. The molecule has 1 saturated heterocycles. The van der Waals surface area contributed by atoms with E-state index >= 15 is 0 Å². The zero-order chi connectivity index (χ0) is 14.6. The molecule has 2 aliphatic carbocycles. The van der Waals surface area contributed by atoms with Crippen LogP contribution >= 0.6 is 0 Å². The zero-order valence-corrected chi connectivity index (χ0v) is 12.5. The molecule has 0 spiro atoms. The summed E-state index contributed by atoms with van der Waals surface area (Å²) >= 11 is 0. The highest BCUT2D eigenvalue weighted by Crippen LogP contribution is 2.53. The highest BCUT2D eigenvalue weighted by Gasteiger charge is 2.42. The number of allylic oxidation sites excluding steroid dienone is 2. The molecule has 1 aliphatic heterocycles. The molecule has 0 radical (unpaired) electrons. The fraction of sp³-hybridized carbons (Fsp3) is 0.238. The van der Waals surface area contributed by atoms with Crippen molar-refractivity contribution in [2.45, 2.75) is 19.3 Å². The first-order valence-electron chi connectivity index (χ1n) is 8.13. The Bertz CT molecular complexity index is 780. The van der Waals surface area contributed by atoms with Gasteiger partial charge in [0.05, 0.1) is 6.61 Å². The maximum atomic E-state index is 5.88. The molecule has 0 bridgehead atoms. The van der Waals surface area contributed by atoms with E-state index in [9.17, 15) is 0 Å². The summed E-state index contributed by atoms with van der Waals surface area (Å²) in [5.74, 6) is 1.21. The van der Waals surface area contributed by atoms with E-state index in [0.29, 0.717) is 0 Å². The summed E-state index contributed by atoms with van der Waals surface area (Å²) in [5.41, 5.74) is 7.00. The summed E-state index contributed by atoms with van der Waals surface area (Å²) in [6.07, 6.45) is 8.24. The minimum Gasteiger partial charge on any atom is -0.497 e. The van der Waals surface area contributed by atoms with Crippen molar-refractivity contribution < 1.29 is 4.74 Å². The second-order valence-electron chi connectivity index (χ2n) is 6.51. The Labute approximate surface area is 130 Å². The molecule has 1 heterocycles. The summed E-state index contributed by atoms with van der Waals surface area (Å²) in [4.78, 5) is 0. The van der Waals surface area contributed by atoms with Crippen LogP contribution in [0.15, 0.2) is 66.4 Å². The Morgan fingerprint density at radius 2 is 1.45 bits per heavy atom. The fourth-order valence-electron chi connectivity index (χ4n) is 4.28. The molecule has 2 aromatic rings. The second kappa shape index (κ2) is 4.36. The van der Waals surface area contributed by atoms with Crippen molar-refractivity contribution in [2.24, 2.45) is 5.41 Å². The minimum atomic E-state index is 0.139. The Kier molecular flexibility index (Phi) is 2.43. The maximum Gasteiger partial charge on any atom is 0.102 e. The molecule has 0 aromatic heterocycles. The van der Waals surface area contributed by atoms with Crippen molar-refractivity contribution in [3.8, 4) is 11.1 Å². The molecule has 0 N–H and O–H groups in total. The van der Waals surface area contributed by atoms with Gasteiger partial charge in [0, 0.05) is 5.41 Å². The summed E-state index contributed by atoms with van der Waals surface area (Å²) in [7, 11) is 0. The van der Waals surface area contributed by atoms with Crippen molar-refractivity contribution in [2.75, 3.05) is 6.61 Å². The van der Waals surface area contributed by atoms with Gasteiger partial charge in [0.25, 0.3) is 0 Å². The van der Waals surface area contributed by atoms with Crippen LogP contribution in [0.2, 0.25) is 0 Å². The number of fused-ring (bicyclic) bond motifs is 4. The smallest absolute Gasteiger partial charge is 0.102 e. The van der Waals surface area contributed by atoms with Crippen LogP contribution in [0.5, 0.6) is 0 Å². The van der Waals surface area contributed by atoms with Gasteiger partial charge in [0.2, 0.25) is 0 Å². The van der Waals surface area contributed by atoms with Crippen molar-refractivity contribution in [3.05, 3.63) is 77.6 Å². The van der Waals surface area contributed by atoms with Crippen molar-refractivity contribution >= 4 is 5.57 Å². The lowest BCUT2D eigenvalue weighted by molar-refractivity contribution is 0.256. The van der Waals surface area contributed by atoms with Crippen LogP contribution in [0.1, 0.15) is 30.4 Å². The Balaban J connectivity index is 1.75. The van der Waals surface area contributed by atoms with Crippen LogP contribution < -0.4 is 0 Å². The first-order valence-corrected chi connectivity index (χ1v) is 8.13. The summed E-state index contributed by atoms with van der Waals surface area (Å²) in [6, 6.07) is 17.6. The van der Waals surface area contributed by atoms with Crippen molar-refractivity contribution in [1.29, 1.82) is 0 Å². The number of rotatable bonds is 1. The fourth-order valence-corrected chi connectivity index (χ4v) is 4.28. The van der Waals surface area contributed by atoms with Crippen LogP contribution in [-0.4, -0.2) is 6.61 Å². The van der Waals surface area contributed by atoms with Gasteiger partial charge in [-0.2, -0.15) is 0 Å². The van der Waals surface area contributed by atoms with Crippen molar-refractivity contribution in [1.82, 2.24) is 0 Å². The topological polar surface area (TPSA) is 9.23 Å². The van der Waals surface area contributed by atoms with E-state index in [4.69, 9.17) is 4.74 Å². The highest BCUT2D eigenvalue weighted by molar-refractivity contribution is 6.01. The number of benzene rings is 2. The SMILES string of the molecule is C(=C1c2ccccc2-c2ccccc21)[C@]12CCC=C1OCC2. The van der Waals surface area contributed by atoms with E-state index in [1.807, 2.05) is 0 Å². The lowest BCUT2D eigenvalue weighted by Gasteiger charge is -2.21. The summed E-state index contributed by atoms with van der Waals surface area (Å²) < 4.78 is 5.88. The lowest BCUT2D eigenvalue weighted by Crippen LogP contribution is -2.12. The number of hydrogen-bond acceptors (Lipinski definition) is 1. The van der Waals surface area contributed by atoms with Gasteiger partial charge in [-0.3, -0.25) is 0 Å². The van der Waals surface area contributed by atoms with Crippen LogP contribution in [-0.2, 0) is 4.74 Å². The molecule has 0 amide bonds. The average Bonchev–Trinajstić information content (AvgIpc) is 3.20. The van der Waals surface area contributed by atoms with E-state index in [0.717, 1.165) is 19.4 Å². The van der Waals surface area contributed by atoms with Crippen LogP contribution in [0, 0.1) is 5.41 Å². The van der Waals surface area contributed by atoms with Gasteiger partial charge in [-0.25, -0.2) is 0 Å². The quantitative estimate of drug-likeness (QED) is 0.598. The van der Waals surface area contributed by atoms with Gasteiger partial charge in [-0.15, -0.1) is 0 Å². The first kappa shape index (κ1) is 12.3. The van der Waals surface area contributed by atoms with E-state index in [1.165, 1.54) is 40.0 Å². The number of hydrogen-bond donors (Lipinski definition) is 0. The molecule has 22 heavy (non-hydrogen) atoms. The highest BCUT2D eigenvalue weighted by atomic mass is 16.5. The second-order valence-corrected chi connectivity index (χ2v) is 6.51. The van der Waals surface area contributed by atoms with Crippen LogP contribution in [0.3, 0.4) is 0 Å². The Morgan fingerprint density at radius 1 is 0.818 bits per heavy atom. The molecule has 1 fully saturated rings. The van der Waals surface area contributed by atoms with Gasteiger partial charge >= 0.3 is 0 Å². The Morgan fingerprint density at radius 3 is 2.14 bits per heavy atom. The third-order valence-electron chi connectivity index (χ3n) is 5.36.